The first-order valence-electron chi connectivity index (χ1n) is 7.71. The van der Waals surface area contributed by atoms with Crippen LogP contribution in [0.15, 0.2) is 41.6 Å². The van der Waals surface area contributed by atoms with E-state index in [0.29, 0.717) is 10.6 Å². The highest BCUT2D eigenvalue weighted by Gasteiger charge is 2.09. The summed E-state index contributed by atoms with van der Waals surface area (Å²) in [6.07, 6.45) is 3.59. The fourth-order valence-electron chi connectivity index (χ4n) is 2.26. The van der Waals surface area contributed by atoms with Gasteiger partial charge in [0.05, 0.1) is 11.1 Å². The molecule has 124 valence electrons. The first-order valence-corrected chi connectivity index (χ1v) is 8.93. The van der Waals surface area contributed by atoms with Crippen molar-refractivity contribution in [2.75, 3.05) is 18.0 Å². The predicted octanol–water partition coefficient (Wildman–Crippen LogP) is 3.79. The first kappa shape index (κ1) is 16.5. The third kappa shape index (κ3) is 3.44. The zero-order valence-corrected chi connectivity index (χ0v) is 15.1. The van der Waals surface area contributed by atoms with Gasteiger partial charge in [-0.25, -0.2) is 10.1 Å². The second kappa shape index (κ2) is 7.50. The molecule has 1 aromatic carbocycles. The lowest BCUT2D eigenvalue weighted by Gasteiger charge is -2.16. The van der Waals surface area contributed by atoms with Gasteiger partial charge in [0, 0.05) is 24.8 Å². The summed E-state index contributed by atoms with van der Waals surface area (Å²) in [6, 6.07) is 9.83. The maximum absolute atomic E-state index is 5.28. The molecule has 0 aliphatic rings. The van der Waals surface area contributed by atoms with Crippen LogP contribution in [0, 0.1) is 4.77 Å². The minimum atomic E-state index is 0.457. The summed E-state index contributed by atoms with van der Waals surface area (Å²) < 4.78 is 2.08. The van der Waals surface area contributed by atoms with Crippen molar-refractivity contribution < 1.29 is 0 Å². The molecule has 2 heterocycles. The molecule has 2 aromatic heterocycles. The fraction of sp³-hybridized carbons (Fsp3) is 0.250. The number of anilines is 1. The third-order valence-electron chi connectivity index (χ3n) is 3.53. The Morgan fingerprint density at radius 1 is 1.29 bits per heavy atom. The van der Waals surface area contributed by atoms with Crippen molar-refractivity contribution in [1.29, 1.82) is 0 Å². The molecular weight excluding hydrogens is 340 g/mol. The van der Waals surface area contributed by atoms with Crippen molar-refractivity contribution in [2.45, 2.75) is 13.8 Å². The zero-order valence-electron chi connectivity index (χ0n) is 13.5. The molecule has 0 saturated carbocycles. The molecule has 3 rings (SSSR count). The molecule has 24 heavy (non-hydrogen) atoms. The van der Waals surface area contributed by atoms with Crippen LogP contribution in [0.1, 0.15) is 18.7 Å². The van der Waals surface area contributed by atoms with Gasteiger partial charge in [-0.3, -0.25) is 0 Å². The van der Waals surface area contributed by atoms with Crippen molar-refractivity contribution in [3.63, 3.8) is 0 Å². The average Bonchev–Trinajstić information content (AvgIpc) is 3.22. The molecule has 0 fully saturated rings. The first-order chi connectivity index (χ1) is 11.7. The minimum absolute atomic E-state index is 0.457. The Hall–Kier alpha value is -2.32. The van der Waals surface area contributed by atoms with Crippen molar-refractivity contribution >= 4 is 34.9 Å². The Morgan fingerprint density at radius 3 is 2.75 bits per heavy atom. The van der Waals surface area contributed by atoms with Crippen LogP contribution in [-0.2, 0) is 0 Å². The Morgan fingerprint density at radius 2 is 2.04 bits per heavy atom. The number of aromatic amines is 1. The highest BCUT2D eigenvalue weighted by atomic mass is 32.1. The van der Waals surface area contributed by atoms with Gasteiger partial charge in [0.15, 0.2) is 11.0 Å². The van der Waals surface area contributed by atoms with Crippen molar-refractivity contribution in [3.05, 3.63) is 46.2 Å². The van der Waals surface area contributed by atoms with Gasteiger partial charge < -0.3 is 4.90 Å². The molecule has 8 heteroatoms. The second-order valence-corrected chi connectivity index (χ2v) is 6.42. The van der Waals surface area contributed by atoms with Gasteiger partial charge in [-0.05, 0) is 26.1 Å². The van der Waals surface area contributed by atoms with Crippen LogP contribution in [0.2, 0.25) is 0 Å². The summed E-state index contributed by atoms with van der Waals surface area (Å²) in [5, 5.41) is 12.5. The summed E-state index contributed by atoms with van der Waals surface area (Å²) in [6.45, 7) is 6.11. The lowest BCUT2D eigenvalue weighted by molar-refractivity contribution is 0.860. The largest absolute Gasteiger partial charge is 0.349 e. The van der Waals surface area contributed by atoms with Crippen LogP contribution in [0.4, 0.5) is 5.13 Å². The predicted molar refractivity (Wildman–Crippen MR) is 102 cm³/mol. The van der Waals surface area contributed by atoms with Crippen LogP contribution in [0.5, 0.6) is 0 Å². The molecular formula is C16H18N6S2. The van der Waals surface area contributed by atoms with Crippen LogP contribution < -0.4 is 4.90 Å². The normalized spacial score (nSPS) is 11.2. The number of nitrogens with zero attached hydrogens (tertiary/aromatic N) is 5. The molecule has 0 bridgehead atoms. The monoisotopic (exact) mass is 358 g/mol. The van der Waals surface area contributed by atoms with Gasteiger partial charge in [0.25, 0.3) is 0 Å². The molecule has 0 unspecified atom stereocenters. The van der Waals surface area contributed by atoms with Crippen LogP contribution in [0.25, 0.3) is 11.4 Å². The van der Waals surface area contributed by atoms with Gasteiger partial charge >= 0.3 is 0 Å². The quantitative estimate of drug-likeness (QED) is 0.538. The van der Waals surface area contributed by atoms with Gasteiger partial charge in [0.1, 0.15) is 0 Å². The Balaban J connectivity index is 1.88. The lowest BCUT2D eigenvalue weighted by Crippen LogP contribution is -2.21. The third-order valence-corrected chi connectivity index (χ3v) is 4.79. The number of H-pyrrole nitrogens is 1. The highest BCUT2D eigenvalue weighted by Crippen LogP contribution is 2.21. The van der Waals surface area contributed by atoms with E-state index in [-0.39, 0.29) is 0 Å². The summed E-state index contributed by atoms with van der Waals surface area (Å²) in [4.78, 5) is 7.64. The van der Waals surface area contributed by atoms with Crippen molar-refractivity contribution in [3.8, 4) is 11.4 Å². The zero-order chi connectivity index (χ0) is 16.9. The fourth-order valence-corrected chi connectivity index (χ4v) is 3.35. The maximum Gasteiger partial charge on any atom is 0.216 e. The van der Waals surface area contributed by atoms with E-state index in [4.69, 9.17) is 12.2 Å². The summed E-state index contributed by atoms with van der Waals surface area (Å²) in [5.74, 6) is 0.685. The molecule has 0 radical (unpaired) electrons. The molecule has 1 N–H and O–H groups in total. The highest BCUT2D eigenvalue weighted by molar-refractivity contribution is 7.71. The minimum Gasteiger partial charge on any atom is -0.349 e. The molecule has 6 nitrogen and oxygen atoms in total. The van der Waals surface area contributed by atoms with E-state index in [1.54, 1.807) is 22.2 Å². The number of nitrogens with one attached hydrogen (secondary N) is 1. The summed E-state index contributed by atoms with van der Waals surface area (Å²) >= 11 is 6.89. The average molecular weight is 358 g/mol. The number of hydrogen-bond donors (Lipinski definition) is 1. The SMILES string of the molecule is CCN(CC)c1ncc(/C=N/n2c(-c3ccccc3)n[nH]c2=S)s1. The van der Waals surface area contributed by atoms with Crippen molar-refractivity contribution in [1.82, 2.24) is 19.9 Å². The van der Waals surface area contributed by atoms with Gasteiger partial charge in [0.2, 0.25) is 4.77 Å². The number of benzene rings is 1. The van der Waals surface area contributed by atoms with E-state index < -0.39 is 0 Å². The van der Waals surface area contributed by atoms with E-state index in [2.05, 4.69) is 39.0 Å². The second-order valence-electron chi connectivity index (χ2n) is 4.99. The molecule has 0 saturated heterocycles. The van der Waals surface area contributed by atoms with Gasteiger partial charge in [-0.2, -0.15) is 14.9 Å². The molecule has 3 aromatic rings. The molecule has 0 aliphatic carbocycles. The number of thiazole rings is 1. The lowest BCUT2D eigenvalue weighted by atomic mass is 10.2. The summed E-state index contributed by atoms with van der Waals surface area (Å²) in [5.41, 5.74) is 0.954. The van der Waals surface area contributed by atoms with E-state index in [1.807, 2.05) is 36.5 Å². The van der Waals surface area contributed by atoms with Crippen LogP contribution >= 0.6 is 23.6 Å². The van der Waals surface area contributed by atoms with E-state index >= 15 is 0 Å². The smallest absolute Gasteiger partial charge is 0.216 e. The van der Waals surface area contributed by atoms with Crippen molar-refractivity contribution in [2.24, 2.45) is 5.10 Å². The van der Waals surface area contributed by atoms with Crippen LogP contribution in [-0.4, -0.2) is 39.2 Å². The van der Waals surface area contributed by atoms with E-state index in [9.17, 15) is 0 Å². The van der Waals surface area contributed by atoms with E-state index in [0.717, 1.165) is 28.7 Å². The summed E-state index contributed by atoms with van der Waals surface area (Å²) in [7, 11) is 0. The number of rotatable bonds is 6. The number of hydrogen-bond acceptors (Lipinski definition) is 6. The molecule has 0 spiro atoms. The van der Waals surface area contributed by atoms with Gasteiger partial charge in [-0.1, -0.05) is 41.7 Å². The molecule has 0 amide bonds. The van der Waals surface area contributed by atoms with Gasteiger partial charge in [-0.15, -0.1) is 0 Å². The Labute approximate surface area is 149 Å². The van der Waals surface area contributed by atoms with Crippen LogP contribution in [0.3, 0.4) is 0 Å². The standard InChI is InChI=1S/C16H18N6S2/c1-3-21(4-2)16-17-10-13(24-16)11-18-22-14(19-20-15(22)23)12-8-6-5-7-9-12/h5-11H,3-4H2,1-2H3,(H,20,23)/b18-11+. The van der Waals surface area contributed by atoms with E-state index in [1.165, 1.54) is 0 Å². The Bertz CT molecular complexity index is 873. The number of aromatic nitrogens is 4. The topological polar surface area (TPSA) is 62.1 Å². The maximum atomic E-state index is 5.28. The Kier molecular flexibility index (Phi) is 5.17. The molecule has 0 aliphatic heterocycles. The molecule has 0 atom stereocenters.